The summed E-state index contributed by atoms with van der Waals surface area (Å²) in [5.41, 5.74) is 7.31. The summed E-state index contributed by atoms with van der Waals surface area (Å²) in [7, 11) is 0. The lowest BCUT2D eigenvalue weighted by atomic mass is 10.3. The van der Waals surface area contributed by atoms with E-state index in [4.69, 9.17) is 5.73 Å². The van der Waals surface area contributed by atoms with Crippen molar-refractivity contribution in [1.82, 2.24) is 24.8 Å². The van der Waals surface area contributed by atoms with E-state index in [1.54, 1.807) is 18.1 Å². The number of rotatable bonds is 2. The number of thioether (sulfide) groups is 1. The van der Waals surface area contributed by atoms with Crippen LogP contribution in [-0.4, -0.2) is 62.2 Å². The first-order valence-corrected chi connectivity index (χ1v) is 8.51. The highest BCUT2D eigenvalue weighted by atomic mass is 35.5. The second kappa shape index (κ2) is 6.96. The highest BCUT2D eigenvalue weighted by Gasteiger charge is 2.28. The van der Waals surface area contributed by atoms with Gasteiger partial charge in [-0.3, -0.25) is 4.79 Å². The number of aromatic nitrogens is 4. The lowest BCUT2D eigenvalue weighted by Gasteiger charge is -2.27. The maximum atomic E-state index is 12.6. The van der Waals surface area contributed by atoms with E-state index in [1.165, 1.54) is 6.33 Å². The third kappa shape index (κ3) is 3.06. The van der Waals surface area contributed by atoms with Crippen molar-refractivity contribution in [2.45, 2.75) is 12.5 Å². The van der Waals surface area contributed by atoms with Gasteiger partial charge in [-0.15, -0.1) is 24.2 Å². The molecule has 1 atom stereocenters. The molecule has 0 spiro atoms. The number of nitrogens with two attached hydrogens (primary N) is 1. The van der Waals surface area contributed by atoms with E-state index in [0.717, 1.165) is 36.0 Å². The summed E-state index contributed by atoms with van der Waals surface area (Å²) in [6.07, 6.45) is 5.85. The molecule has 4 heterocycles. The molecule has 1 fully saturated rings. The second-order valence-corrected chi connectivity index (χ2v) is 6.77. The van der Waals surface area contributed by atoms with Crippen molar-refractivity contribution in [2.24, 2.45) is 5.73 Å². The number of carbonyl (C=O) groups excluding carboxylic acids is 1. The van der Waals surface area contributed by atoms with Crippen LogP contribution in [0.25, 0.3) is 11.2 Å². The minimum atomic E-state index is 0. The Labute approximate surface area is 149 Å². The summed E-state index contributed by atoms with van der Waals surface area (Å²) in [6, 6.07) is 0.0924. The van der Waals surface area contributed by atoms with E-state index in [0.29, 0.717) is 17.7 Å². The van der Waals surface area contributed by atoms with Crippen LogP contribution >= 0.6 is 24.2 Å². The summed E-state index contributed by atoms with van der Waals surface area (Å²) in [4.78, 5) is 32.9. The van der Waals surface area contributed by atoms with Crippen molar-refractivity contribution in [3.05, 3.63) is 23.8 Å². The average molecular weight is 368 g/mol. The van der Waals surface area contributed by atoms with Gasteiger partial charge in [0.25, 0.3) is 5.91 Å². The van der Waals surface area contributed by atoms with Gasteiger partial charge in [0.2, 0.25) is 0 Å². The summed E-state index contributed by atoms with van der Waals surface area (Å²) < 4.78 is 0. The number of hydrogen-bond donors (Lipinski definition) is 2. The maximum absolute atomic E-state index is 12.6. The number of halogens is 1. The molecule has 1 saturated heterocycles. The van der Waals surface area contributed by atoms with Gasteiger partial charge < -0.3 is 20.5 Å². The van der Waals surface area contributed by atoms with Gasteiger partial charge in [0.05, 0.1) is 11.2 Å². The van der Waals surface area contributed by atoms with Gasteiger partial charge in [0.15, 0.2) is 17.0 Å². The minimum Gasteiger partial charge on any atom is -0.337 e. The van der Waals surface area contributed by atoms with Crippen LogP contribution in [0.3, 0.4) is 0 Å². The number of carbonyl (C=O) groups is 1. The van der Waals surface area contributed by atoms with Crippen LogP contribution in [0.4, 0.5) is 5.82 Å². The molecule has 2 aliphatic heterocycles. The van der Waals surface area contributed by atoms with E-state index in [-0.39, 0.29) is 24.4 Å². The van der Waals surface area contributed by atoms with Crippen LogP contribution in [0.15, 0.2) is 23.8 Å². The molecule has 1 amide bonds. The molecule has 0 aromatic carbocycles. The number of imidazole rings is 1. The molecule has 0 bridgehead atoms. The molecule has 24 heavy (non-hydrogen) atoms. The molecular formula is C14H18ClN7OS. The van der Waals surface area contributed by atoms with Gasteiger partial charge in [0.1, 0.15) is 6.33 Å². The van der Waals surface area contributed by atoms with Crippen LogP contribution in [-0.2, 0) is 4.79 Å². The Morgan fingerprint density at radius 3 is 3.00 bits per heavy atom. The summed E-state index contributed by atoms with van der Waals surface area (Å²) in [5.74, 6) is 1.60. The normalized spacial score (nSPS) is 20.9. The summed E-state index contributed by atoms with van der Waals surface area (Å²) in [6.45, 7) is 2.14. The number of aromatic amines is 1. The smallest absolute Gasteiger partial charge is 0.261 e. The Bertz CT molecular complexity index is 779. The number of H-pyrrole nitrogens is 1. The van der Waals surface area contributed by atoms with Crippen LogP contribution in [0.1, 0.15) is 6.42 Å². The molecule has 2 aliphatic rings. The van der Waals surface area contributed by atoms with Gasteiger partial charge >= 0.3 is 0 Å². The Morgan fingerprint density at radius 1 is 1.33 bits per heavy atom. The van der Waals surface area contributed by atoms with E-state index in [2.05, 4.69) is 19.9 Å². The van der Waals surface area contributed by atoms with Crippen molar-refractivity contribution in [3.63, 3.8) is 0 Å². The average Bonchev–Trinajstić information content (AvgIpc) is 3.22. The molecule has 128 valence electrons. The van der Waals surface area contributed by atoms with Crippen LogP contribution in [0.2, 0.25) is 0 Å². The molecule has 0 aliphatic carbocycles. The zero-order valence-electron chi connectivity index (χ0n) is 12.9. The molecule has 8 nitrogen and oxygen atoms in total. The van der Waals surface area contributed by atoms with Gasteiger partial charge in [-0.2, -0.15) is 0 Å². The van der Waals surface area contributed by atoms with Crippen LogP contribution in [0, 0.1) is 0 Å². The van der Waals surface area contributed by atoms with Crippen molar-refractivity contribution in [3.8, 4) is 0 Å². The van der Waals surface area contributed by atoms with Gasteiger partial charge in [-0.25, -0.2) is 15.0 Å². The Kier molecular flexibility index (Phi) is 4.93. The zero-order valence-corrected chi connectivity index (χ0v) is 14.5. The third-order valence-electron chi connectivity index (χ3n) is 4.06. The lowest BCUT2D eigenvalue weighted by molar-refractivity contribution is -0.125. The van der Waals surface area contributed by atoms with Crippen LogP contribution < -0.4 is 10.6 Å². The number of amides is 1. The van der Waals surface area contributed by atoms with Crippen molar-refractivity contribution >= 4 is 47.1 Å². The maximum Gasteiger partial charge on any atom is 0.261 e. The van der Waals surface area contributed by atoms with Crippen molar-refractivity contribution < 1.29 is 4.79 Å². The van der Waals surface area contributed by atoms with E-state index >= 15 is 0 Å². The number of hydrogen-bond acceptors (Lipinski definition) is 7. The first-order valence-electron chi connectivity index (χ1n) is 7.52. The summed E-state index contributed by atoms with van der Waals surface area (Å²) >= 11 is 1.58. The monoisotopic (exact) mass is 367 g/mol. The number of fused-ring (bicyclic) bond motifs is 1. The third-order valence-corrected chi connectivity index (χ3v) is 5.03. The highest BCUT2D eigenvalue weighted by molar-refractivity contribution is 8.04. The summed E-state index contributed by atoms with van der Waals surface area (Å²) in [5, 5.41) is 0. The molecule has 4 rings (SSSR count). The van der Waals surface area contributed by atoms with Gasteiger partial charge in [-0.05, 0) is 6.42 Å². The van der Waals surface area contributed by atoms with Crippen LogP contribution in [0.5, 0.6) is 0 Å². The fraction of sp³-hybridized carbons (Fsp3) is 0.429. The molecule has 3 N–H and O–H groups in total. The van der Waals surface area contributed by atoms with Crippen molar-refractivity contribution in [2.75, 3.05) is 30.3 Å². The number of anilines is 1. The fourth-order valence-corrected chi connectivity index (χ4v) is 3.83. The molecule has 0 radical (unpaired) electrons. The van der Waals surface area contributed by atoms with Gasteiger partial charge in [-0.1, -0.05) is 0 Å². The Morgan fingerprint density at radius 2 is 2.21 bits per heavy atom. The first-order chi connectivity index (χ1) is 11.2. The van der Waals surface area contributed by atoms with E-state index < -0.39 is 0 Å². The highest BCUT2D eigenvalue weighted by Crippen LogP contribution is 2.29. The first kappa shape index (κ1) is 17.0. The lowest BCUT2D eigenvalue weighted by Crippen LogP contribution is -2.35. The number of nitrogens with zero attached hydrogens (tertiary/aromatic N) is 5. The van der Waals surface area contributed by atoms with Crippen molar-refractivity contribution in [1.29, 1.82) is 0 Å². The quantitative estimate of drug-likeness (QED) is 0.806. The fourth-order valence-electron chi connectivity index (χ4n) is 2.87. The molecule has 0 unspecified atom stereocenters. The Hall–Kier alpha value is -1.84. The predicted molar refractivity (Wildman–Crippen MR) is 96.0 cm³/mol. The molecule has 2 aromatic heterocycles. The van der Waals surface area contributed by atoms with E-state index in [9.17, 15) is 4.79 Å². The topological polar surface area (TPSA) is 104 Å². The Balaban J connectivity index is 0.00000169. The second-order valence-electron chi connectivity index (χ2n) is 5.63. The largest absolute Gasteiger partial charge is 0.337 e. The SMILES string of the molecule is Cl.N[C@H]1CCN(C(=O)C2=CN(c3ncnc4[nH]cnc34)CCS2)C1. The predicted octanol–water partition coefficient (Wildman–Crippen LogP) is 0.729. The standard InChI is InChI=1S/C14H17N7OS.ClH/c15-9-1-2-21(5-9)14(22)10-6-20(3-4-23-10)13-11-12(17-7-16-11)18-8-19-13;/h6-9H,1-5,15H2,(H,16,17,18,19);1H/t9-;/m0./s1. The molecular weight excluding hydrogens is 350 g/mol. The molecule has 0 saturated carbocycles. The minimum absolute atomic E-state index is 0. The van der Waals surface area contributed by atoms with E-state index in [1.807, 2.05) is 16.0 Å². The molecule has 2 aromatic rings. The number of likely N-dealkylation sites (tertiary alicyclic amines) is 1. The number of nitrogens with one attached hydrogen (secondary N) is 1. The zero-order chi connectivity index (χ0) is 15.8. The molecule has 10 heteroatoms. The van der Waals surface area contributed by atoms with Gasteiger partial charge in [0, 0.05) is 37.6 Å².